The molecule has 0 unspecified atom stereocenters. The highest BCUT2D eigenvalue weighted by molar-refractivity contribution is 6.20. The predicted octanol–water partition coefficient (Wildman–Crippen LogP) is 13.6. The van der Waals surface area contributed by atoms with E-state index >= 15 is 0 Å². The fraction of sp³-hybridized carbons (Fsp3) is 0. The molecular formula is C48H33N. The zero-order valence-electron chi connectivity index (χ0n) is 27.0. The van der Waals surface area contributed by atoms with E-state index in [-0.39, 0.29) is 0 Å². The second kappa shape index (κ2) is 12.3. The van der Waals surface area contributed by atoms with Gasteiger partial charge in [-0.2, -0.15) is 0 Å². The summed E-state index contributed by atoms with van der Waals surface area (Å²) in [6, 6.07) is 72.4. The van der Waals surface area contributed by atoms with Crippen molar-refractivity contribution >= 4 is 49.4 Å². The molecule has 0 atom stereocenters. The quantitative estimate of drug-likeness (QED) is 0.167. The van der Waals surface area contributed by atoms with Gasteiger partial charge in [-0.1, -0.05) is 164 Å². The molecule has 0 radical (unpaired) electrons. The van der Waals surface area contributed by atoms with Crippen LogP contribution in [0.2, 0.25) is 0 Å². The first kappa shape index (κ1) is 28.8. The lowest BCUT2D eigenvalue weighted by Crippen LogP contribution is -2.11. The van der Waals surface area contributed by atoms with Gasteiger partial charge >= 0.3 is 0 Å². The highest BCUT2D eigenvalue weighted by Gasteiger charge is 2.17. The topological polar surface area (TPSA) is 3.24 Å². The van der Waals surface area contributed by atoms with Gasteiger partial charge in [0, 0.05) is 16.9 Å². The van der Waals surface area contributed by atoms with Gasteiger partial charge in [0.2, 0.25) is 0 Å². The van der Waals surface area contributed by atoms with Crippen LogP contribution in [0.25, 0.3) is 65.7 Å². The molecule has 1 nitrogen and oxygen atoms in total. The van der Waals surface area contributed by atoms with Crippen molar-refractivity contribution in [1.82, 2.24) is 0 Å². The summed E-state index contributed by atoms with van der Waals surface area (Å²) in [5.74, 6) is 0. The predicted molar refractivity (Wildman–Crippen MR) is 210 cm³/mol. The van der Waals surface area contributed by atoms with E-state index in [0.717, 1.165) is 17.1 Å². The van der Waals surface area contributed by atoms with Crippen molar-refractivity contribution in [2.24, 2.45) is 0 Å². The minimum Gasteiger partial charge on any atom is -0.310 e. The van der Waals surface area contributed by atoms with Crippen molar-refractivity contribution in [3.63, 3.8) is 0 Å². The first-order chi connectivity index (χ1) is 24.3. The van der Waals surface area contributed by atoms with Crippen LogP contribution in [-0.2, 0) is 0 Å². The zero-order valence-corrected chi connectivity index (χ0v) is 27.0. The number of benzene rings is 9. The first-order valence-electron chi connectivity index (χ1n) is 16.8. The molecule has 0 spiro atoms. The van der Waals surface area contributed by atoms with E-state index in [4.69, 9.17) is 0 Å². The summed E-state index contributed by atoms with van der Waals surface area (Å²) < 4.78 is 0. The number of para-hydroxylation sites is 1. The molecule has 0 aromatic heterocycles. The average molecular weight is 624 g/mol. The SMILES string of the molecule is c1ccc(-c2ccc(N(c3ccc(-c4ccc5ccc6ccc7ccccc7c6c5c4)cc3)c3ccccc3-c3ccccc3)cc2)cc1. The molecular weight excluding hydrogens is 591 g/mol. The van der Waals surface area contributed by atoms with Crippen LogP contribution in [-0.4, -0.2) is 0 Å². The molecule has 0 bridgehead atoms. The van der Waals surface area contributed by atoms with Gasteiger partial charge in [-0.15, -0.1) is 0 Å². The normalized spacial score (nSPS) is 11.3. The Morgan fingerprint density at radius 1 is 0.286 bits per heavy atom. The van der Waals surface area contributed by atoms with Crippen LogP contribution >= 0.6 is 0 Å². The highest BCUT2D eigenvalue weighted by atomic mass is 15.1. The number of hydrogen-bond acceptors (Lipinski definition) is 1. The molecule has 0 aliphatic carbocycles. The van der Waals surface area contributed by atoms with Gasteiger partial charge in [-0.05, 0) is 96.5 Å². The van der Waals surface area contributed by atoms with Crippen LogP contribution in [0, 0.1) is 0 Å². The molecule has 0 saturated carbocycles. The van der Waals surface area contributed by atoms with Crippen molar-refractivity contribution in [3.8, 4) is 33.4 Å². The van der Waals surface area contributed by atoms with Crippen LogP contribution in [0.1, 0.15) is 0 Å². The van der Waals surface area contributed by atoms with Gasteiger partial charge < -0.3 is 4.90 Å². The number of nitrogens with zero attached hydrogens (tertiary/aromatic N) is 1. The summed E-state index contributed by atoms with van der Waals surface area (Å²) in [7, 11) is 0. The van der Waals surface area contributed by atoms with E-state index in [2.05, 4.69) is 205 Å². The molecule has 0 N–H and O–H groups in total. The summed E-state index contributed by atoms with van der Waals surface area (Å²) in [6.45, 7) is 0. The Morgan fingerprint density at radius 3 is 1.45 bits per heavy atom. The third kappa shape index (κ3) is 5.32. The highest BCUT2D eigenvalue weighted by Crippen LogP contribution is 2.42. The standard InChI is InChI=1S/C48H33N/c1-3-11-34(12-4-1)35-25-29-42(30-26-35)49(47-18-10-9-16-44(47)37-13-5-2-6-14-37)43-31-27-36(28-32-43)41-24-21-39-20-23-40-22-19-38-15-7-8-17-45(38)48(40)46(39)33-41/h1-33H. The molecule has 9 rings (SSSR count). The fourth-order valence-corrected chi connectivity index (χ4v) is 7.20. The van der Waals surface area contributed by atoms with E-state index in [9.17, 15) is 0 Å². The Balaban J connectivity index is 1.16. The lowest BCUT2D eigenvalue weighted by molar-refractivity contribution is 1.28. The van der Waals surface area contributed by atoms with Crippen molar-refractivity contribution in [1.29, 1.82) is 0 Å². The Labute approximate surface area is 287 Å². The summed E-state index contributed by atoms with van der Waals surface area (Å²) in [6.07, 6.45) is 0. The largest absolute Gasteiger partial charge is 0.310 e. The van der Waals surface area contributed by atoms with E-state index in [0.29, 0.717) is 0 Å². The minimum atomic E-state index is 1.11. The number of fused-ring (bicyclic) bond motifs is 5. The van der Waals surface area contributed by atoms with Crippen molar-refractivity contribution < 1.29 is 0 Å². The lowest BCUT2D eigenvalue weighted by atomic mass is 9.94. The Kier molecular flexibility index (Phi) is 7.22. The second-order valence-electron chi connectivity index (χ2n) is 12.6. The molecule has 0 aliphatic heterocycles. The number of rotatable bonds is 6. The van der Waals surface area contributed by atoms with Gasteiger partial charge in [0.1, 0.15) is 0 Å². The minimum absolute atomic E-state index is 1.11. The second-order valence-corrected chi connectivity index (χ2v) is 12.6. The molecule has 230 valence electrons. The molecule has 0 fully saturated rings. The Bertz CT molecular complexity index is 2560. The smallest absolute Gasteiger partial charge is 0.0540 e. The Hall–Kier alpha value is -6.44. The lowest BCUT2D eigenvalue weighted by Gasteiger charge is -2.28. The Morgan fingerprint density at radius 2 is 0.755 bits per heavy atom. The van der Waals surface area contributed by atoms with E-state index in [1.165, 1.54) is 65.7 Å². The van der Waals surface area contributed by atoms with Crippen LogP contribution in [0.5, 0.6) is 0 Å². The first-order valence-corrected chi connectivity index (χ1v) is 16.8. The molecule has 0 amide bonds. The van der Waals surface area contributed by atoms with Gasteiger partial charge in [0.15, 0.2) is 0 Å². The summed E-state index contributed by atoms with van der Waals surface area (Å²) in [4.78, 5) is 2.38. The maximum absolute atomic E-state index is 2.38. The van der Waals surface area contributed by atoms with Crippen LogP contribution in [0.3, 0.4) is 0 Å². The maximum atomic E-state index is 2.38. The van der Waals surface area contributed by atoms with Gasteiger partial charge in [0.25, 0.3) is 0 Å². The number of anilines is 3. The van der Waals surface area contributed by atoms with Crippen LogP contribution in [0.15, 0.2) is 200 Å². The van der Waals surface area contributed by atoms with E-state index < -0.39 is 0 Å². The summed E-state index contributed by atoms with van der Waals surface area (Å²) >= 11 is 0. The molecule has 1 heteroatoms. The summed E-state index contributed by atoms with van der Waals surface area (Å²) in [5.41, 5.74) is 10.6. The monoisotopic (exact) mass is 623 g/mol. The van der Waals surface area contributed by atoms with Crippen LogP contribution < -0.4 is 4.90 Å². The van der Waals surface area contributed by atoms with Crippen molar-refractivity contribution in [2.75, 3.05) is 4.90 Å². The third-order valence-electron chi connectivity index (χ3n) is 9.65. The zero-order chi connectivity index (χ0) is 32.6. The fourth-order valence-electron chi connectivity index (χ4n) is 7.20. The van der Waals surface area contributed by atoms with Crippen molar-refractivity contribution in [2.45, 2.75) is 0 Å². The van der Waals surface area contributed by atoms with Crippen LogP contribution in [0.4, 0.5) is 17.1 Å². The maximum Gasteiger partial charge on any atom is 0.0540 e. The summed E-state index contributed by atoms with van der Waals surface area (Å²) in [5, 5.41) is 7.69. The van der Waals surface area contributed by atoms with E-state index in [1.807, 2.05) is 0 Å². The third-order valence-corrected chi connectivity index (χ3v) is 9.65. The van der Waals surface area contributed by atoms with Crippen molar-refractivity contribution in [3.05, 3.63) is 200 Å². The molecule has 49 heavy (non-hydrogen) atoms. The molecule has 9 aromatic rings. The molecule has 0 heterocycles. The number of hydrogen-bond donors (Lipinski definition) is 0. The van der Waals surface area contributed by atoms with Gasteiger partial charge in [-0.3, -0.25) is 0 Å². The van der Waals surface area contributed by atoms with E-state index in [1.54, 1.807) is 0 Å². The average Bonchev–Trinajstić information content (AvgIpc) is 3.19. The van der Waals surface area contributed by atoms with Gasteiger partial charge in [0.05, 0.1) is 5.69 Å². The molecule has 0 aliphatic rings. The van der Waals surface area contributed by atoms with Gasteiger partial charge in [-0.25, -0.2) is 0 Å². The molecule has 0 saturated heterocycles. The molecule has 9 aromatic carbocycles.